The van der Waals surface area contributed by atoms with Crippen molar-refractivity contribution in [2.45, 2.75) is 96.5 Å². The number of hydrogen-bond acceptors (Lipinski definition) is 7. The molecule has 0 aromatic heterocycles. The van der Waals surface area contributed by atoms with Crippen molar-refractivity contribution >= 4 is 11.9 Å². The van der Waals surface area contributed by atoms with E-state index in [0.29, 0.717) is 19.6 Å². The van der Waals surface area contributed by atoms with Crippen LogP contribution < -0.4 is 5.32 Å². The van der Waals surface area contributed by atoms with E-state index in [4.69, 9.17) is 23.7 Å². The molecular formula is C27H41NO7. The first-order chi connectivity index (χ1) is 16.5. The summed E-state index contributed by atoms with van der Waals surface area (Å²) in [4.78, 5) is 23.7. The van der Waals surface area contributed by atoms with Gasteiger partial charge in [0, 0.05) is 25.3 Å². The van der Waals surface area contributed by atoms with Gasteiger partial charge in [0.25, 0.3) is 0 Å². The first kappa shape index (κ1) is 27.6. The van der Waals surface area contributed by atoms with Crippen LogP contribution in [0.2, 0.25) is 0 Å². The Morgan fingerprint density at radius 3 is 2.46 bits per heavy atom. The second-order valence-electron chi connectivity index (χ2n) is 10.8. The molecule has 3 aliphatic rings. The lowest BCUT2D eigenvalue weighted by Gasteiger charge is -2.38. The maximum absolute atomic E-state index is 12.1. The van der Waals surface area contributed by atoms with Gasteiger partial charge >= 0.3 is 5.97 Å². The normalized spacial score (nSPS) is 31.7. The zero-order valence-corrected chi connectivity index (χ0v) is 21.9. The maximum Gasteiger partial charge on any atom is 0.308 e. The summed E-state index contributed by atoms with van der Waals surface area (Å²) < 4.78 is 28.6. The van der Waals surface area contributed by atoms with Crippen molar-refractivity contribution in [3.8, 4) is 0 Å². The van der Waals surface area contributed by atoms with Gasteiger partial charge in [-0.2, -0.15) is 0 Å². The van der Waals surface area contributed by atoms with E-state index in [9.17, 15) is 9.59 Å². The van der Waals surface area contributed by atoms with Crippen molar-refractivity contribution in [2.24, 2.45) is 5.92 Å². The average molecular weight is 492 g/mol. The van der Waals surface area contributed by atoms with Gasteiger partial charge in [-0.25, -0.2) is 0 Å². The molecule has 0 saturated carbocycles. The molecule has 3 heterocycles. The molecule has 3 rings (SSSR count). The fourth-order valence-corrected chi connectivity index (χ4v) is 4.34. The number of epoxide rings is 1. The fourth-order valence-electron chi connectivity index (χ4n) is 4.34. The van der Waals surface area contributed by atoms with Crippen LogP contribution >= 0.6 is 0 Å². The first-order valence-electron chi connectivity index (χ1n) is 12.5. The molecular weight excluding hydrogens is 450 g/mol. The van der Waals surface area contributed by atoms with Gasteiger partial charge < -0.3 is 29.0 Å². The number of hydrogen-bond donors (Lipinski definition) is 1. The van der Waals surface area contributed by atoms with E-state index in [1.807, 2.05) is 6.92 Å². The maximum atomic E-state index is 12.1. The molecule has 1 amide bonds. The lowest BCUT2D eigenvalue weighted by molar-refractivity contribution is -0.187. The van der Waals surface area contributed by atoms with Crippen LogP contribution in [0.25, 0.3) is 0 Å². The van der Waals surface area contributed by atoms with Crippen molar-refractivity contribution < 1.29 is 33.3 Å². The van der Waals surface area contributed by atoms with Gasteiger partial charge in [0.1, 0.15) is 6.10 Å². The molecule has 3 aliphatic heterocycles. The van der Waals surface area contributed by atoms with Crippen LogP contribution in [0.15, 0.2) is 36.0 Å². The summed E-state index contributed by atoms with van der Waals surface area (Å²) in [5.41, 5.74) is 0.951. The van der Waals surface area contributed by atoms with E-state index in [2.05, 4.69) is 37.4 Å². The van der Waals surface area contributed by atoms with Gasteiger partial charge in [-0.05, 0) is 33.8 Å². The standard InChI is InChI=1S/C27H41NO7/c1-18(2)25(30)34-20(4)9-11-23(29)28-21-14-31-24(32-15-21)12-8-19(3)7-10-22-13-27(17-33-27)16-26(5,6)35-22/h7-11,18,20-22,24H,12-17H2,1-6H3,(H,28,29)/b10-7+,11-9-,19-8+/t20?,21?,22-,24?,27-/m1/s1. The van der Waals surface area contributed by atoms with Gasteiger partial charge in [-0.3, -0.25) is 9.59 Å². The van der Waals surface area contributed by atoms with Crippen molar-refractivity contribution in [1.29, 1.82) is 0 Å². The first-order valence-corrected chi connectivity index (χ1v) is 12.5. The van der Waals surface area contributed by atoms with Gasteiger partial charge in [-0.15, -0.1) is 0 Å². The number of carbonyl (C=O) groups excluding carboxylic acids is 2. The minimum atomic E-state index is -0.470. The lowest BCUT2D eigenvalue weighted by atomic mass is 9.85. The topological polar surface area (TPSA) is 95.6 Å². The Labute approximate surface area is 209 Å². The van der Waals surface area contributed by atoms with Gasteiger partial charge in [-0.1, -0.05) is 37.6 Å². The van der Waals surface area contributed by atoms with Crippen LogP contribution in [0.5, 0.6) is 0 Å². The molecule has 3 fully saturated rings. The van der Waals surface area contributed by atoms with Crippen LogP contribution in [0.1, 0.15) is 60.8 Å². The molecule has 8 heteroatoms. The van der Waals surface area contributed by atoms with E-state index in [0.717, 1.165) is 25.0 Å². The van der Waals surface area contributed by atoms with Crippen molar-refractivity contribution in [2.75, 3.05) is 19.8 Å². The molecule has 0 aliphatic carbocycles. The summed E-state index contributed by atoms with van der Waals surface area (Å²) in [6.07, 6.45) is 10.9. The number of rotatable bonds is 9. The Morgan fingerprint density at radius 1 is 1.14 bits per heavy atom. The van der Waals surface area contributed by atoms with Crippen LogP contribution in [0.3, 0.4) is 0 Å². The van der Waals surface area contributed by atoms with Crippen molar-refractivity contribution in [3.63, 3.8) is 0 Å². The minimum Gasteiger partial charge on any atom is -0.458 e. The van der Waals surface area contributed by atoms with E-state index < -0.39 is 6.10 Å². The highest BCUT2D eigenvalue weighted by Gasteiger charge is 2.53. The van der Waals surface area contributed by atoms with E-state index in [1.54, 1.807) is 26.8 Å². The summed E-state index contributed by atoms with van der Waals surface area (Å²) in [6, 6.07) is -0.231. The van der Waals surface area contributed by atoms with E-state index in [1.165, 1.54) is 6.08 Å². The highest BCUT2D eigenvalue weighted by molar-refractivity contribution is 5.87. The average Bonchev–Trinajstić information content (AvgIpc) is 3.51. The molecule has 0 bridgehead atoms. The summed E-state index contributed by atoms with van der Waals surface area (Å²) in [7, 11) is 0. The Bertz CT molecular complexity index is 826. The highest BCUT2D eigenvalue weighted by Crippen LogP contribution is 2.46. The molecule has 3 saturated heterocycles. The minimum absolute atomic E-state index is 0.0126. The van der Waals surface area contributed by atoms with Crippen molar-refractivity contribution in [3.05, 3.63) is 36.0 Å². The predicted molar refractivity (Wildman–Crippen MR) is 132 cm³/mol. The molecule has 3 atom stereocenters. The molecule has 1 unspecified atom stereocenters. The zero-order valence-electron chi connectivity index (χ0n) is 21.9. The van der Waals surface area contributed by atoms with Gasteiger partial charge in [0.15, 0.2) is 6.29 Å². The lowest BCUT2D eigenvalue weighted by Crippen LogP contribution is -2.46. The van der Waals surface area contributed by atoms with Crippen LogP contribution in [-0.2, 0) is 33.3 Å². The Kier molecular flexibility index (Phi) is 9.32. The Balaban J connectivity index is 1.35. The van der Waals surface area contributed by atoms with Crippen LogP contribution in [-0.4, -0.2) is 67.4 Å². The second-order valence-corrected chi connectivity index (χ2v) is 10.8. The Hall–Kier alpha value is -2.00. The quantitative estimate of drug-likeness (QED) is 0.228. The zero-order chi connectivity index (χ0) is 25.6. The second kappa shape index (κ2) is 11.8. The summed E-state index contributed by atoms with van der Waals surface area (Å²) in [5, 5.41) is 2.84. The van der Waals surface area contributed by atoms with Crippen molar-refractivity contribution in [1.82, 2.24) is 5.32 Å². The summed E-state index contributed by atoms with van der Waals surface area (Å²) >= 11 is 0. The molecule has 35 heavy (non-hydrogen) atoms. The summed E-state index contributed by atoms with van der Waals surface area (Å²) in [5.74, 6) is -0.780. The van der Waals surface area contributed by atoms with Gasteiger partial charge in [0.05, 0.1) is 49.1 Å². The third kappa shape index (κ3) is 9.18. The van der Waals surface area contributed by atoms with Crippen LogP contribution in [0.4, 0.5) is 0 Å². The monoisotopic (exact) mass is 491 g/mol. The molecule has 0 radical (unpaired) electrons. The van der Waals surface area contributed by atoms with Gasteiger partial charge in [0.2, 0.25) is 5.91 Å². The summed E-state index contributed by atoms with van der Waals surface area (Å²) in [6.45, 7) is 13.1. The number of carbonyl (C=O) groups is 2. The number of amides is 1. The third-order valence-electron chi connectivity index (χ3n) is 6.16. The molecule has 0 aromatic carbocycles. The fraction of sp³-hybridized carbons (Fsp3) is 0.704. The van der Waals surface area contributed by atoms with Crippen LogP contribution in [0, 0.1) is 5.92 Å². The third-order valence-corrected chi connectivity index (χ3v) is 6.16. The number of esters is 1. The smallest absolute Gasteiger partial charge is 0.308 e. The number of nitrogens with one attached hydrogen (secondary N) is 1. The molecule has 1 spiro atoms. The molecule has 0 aromatic rings. The SMILES string of the molecule is CC(/C=C/[C@@H]1C[C@]2(CO2)CC(C)(C)O1)=C\CC1OCC(NC(=O)/C=C\C(C)OC(=O)C(C)C)CO1. The predicted octanol–water partition coefficient (Wildman–Crippen LogP) is 3.61. The van der Waals surface area contributed by atoms with E-state index >= 15 is 0 Å². The Morgan fingerprint density at radius 2 is 1.83 bits per heavy atom. The van der Waals surface area contributed by atoms with E-state index in [-0.39, 0.29) is 47.4 Å². The highest BCUT2D eigenvalue weighted by atomic mass is 16.7. The molecule has 1 N–H and O–H groups in total. The largest absolute Gasteiger partial charge is 0.458 e. The number of ether oxygens (including phenoxy) is 5. The number of allylic oxidation sites excluding steroid dienone is 2. The molecule has 8 nitrogen and oxygen atoms in total. The molecule has 196 valence electrons.